The maximum absolute atomic E-state index is 12.5. The van der Waals surface area contributed by atoms with Crippen molar-refractivity contribution in [2.45, 2.75) is 6.42 Å². The summed E-state index contributed by atoms with van der Waals surface area (Å²) in [7, 11) is 0. The Bertz CT molecular complexity index is 1320. The van der Waals surface area contributed by atoms with Gasteiger partial charge in [0.2, 0.25) is 5.91 Å². The topological polar surface area (TPSA) is 90.0 Å². The van der Waals surface area contributed by atoms with E-state index >= 15 is 0 Å². The molecule has 0 aromatic heterocycles. The fourth-order valence-electron chi connectivity index (χ4n) is 3.60. The summed E-state index contributed by atoms with van der Waals surface area (Å²) in [6.07, 6.45) is -0.00660. The number of esters is 2. The Hall–Kier alpha value is -3.39. The molecule has 10 heteroatoms. The van der Waals surface area contributed by atoms with E-state index in [2.05, 4.69) is 0 Å². The summed E-state index contributed by atoms with van der Waals surface area (Å²) in [4.78, 5) is 51.1. The zero-order chi connectivity index (χ0) is 25.8. The molecule has 1 saturated heterocycles. The van der Waals surface area contributed by atoms with Crippen LogP contribution < -0.4 is 9.64 Å². The van der Waals surface area contributed by atoms with Gasteiger partial charge in [0, 0.05) is 34.3 Å². The number of halogens is 3. The standard InChI is InChI=1S/C26H18Cl3NO6/c27-17-3-6-19(7-4-17)30-13-16(11-24(30)32)25(33)35-14-23(31)15-1-8-20(9-2-15)36-26(34)21-10-5-18(28)12-22(21)29/h1-10,12,16H,11,13-14H2/t16-/m1/s1. The Morgan fingerprint density at radius 2 is 1.56 bits per heavy atom. The van der Waals surface area contributed by atoms with Crippen LogP contribution in [-0.2, 0) is 14.3 Å². The van der Waals surface area contributed by atoms with E-state index in [4.69, 9.17) is 44.3 Å². The second-order valence-electron chi connectivity index (χ2n) is 7.95. The molecule has 36 heavy (non-hydrogen) atoms. The molecule has 3 aromatic rings. The number of amides is 1. The van der Waals surface area contributed by atoms with E-state index in [9.17, 15) is 19.2 Å². The van der Waals surface area contributed by atoms with Crippen LogP contribution in [0.5, 0.6) is 5.75 Å². The normalized spacial score (nSPS) is 15.0. The predicted molar refractivity (Wildman–Crippen MR) is 135 cm³/mol. The van der Waals surface area contributed by atoms with E-state index in [0.29, 0.717) is 15.7 Å². The van der Waals surface area contributed by atoms with Gasteiger partial charge in [-0.2, -0.15) is 0 Å². The van der Waals surface area contributed by atoms with Crippen LogP contribution in [0.4, 0.5) is 5.69 Å². The highest BCUT2D eigenvalue weighted by Crippen LogP contribution is 2.27. The van der Waals surface area contributed by atoms with Crippen molar-refractivity contribution in [1.82, 2.24) is 0 Å². The van der Waals surface area contributed by atoms with E-state index in [1.165, 1.54) is 47.4 Å². The van der Waals surface area contributed by atoms with Crippen molar-refractivity contribution in [1.29, 1.82) is 0 Å². The van der Waals surface area contributed by atoms with Crippen molar-refractivity contribution in [3.8, 4) is 5.75 Å². The Labute approximate surface area is 221 Å². The van der Waals surface area contributed by atoms with Crippen molar-refractivity contribution in [2.75, 3.05) is 18.1 Å². The lowest BCUT2D eigenvalue weighted by atomic mass is 10.1. The highest BCUT2D eigenvalue weighted by molar-refractivity contribution is 6.36. The molecule has 0 N–H and O–H groups in total. The third-order valence-electron chi connectivity index (χ3n) is 5.48. The first-order valence-electron chi connectivity index (χ1n) is 10.7. The van der Waals surface area contributed by atoms with Gasteiger partial charge in [-0.25, -0.2) is 4.79 Å². The van der Waals surface area contributed by atoms with Crippen molar-refractivity contribution < 1.29 is 28.7 Å². The van der Waals surface area contributed by atoms with Crippen LogP contribution in [0.2, 0.25) is 15.1 Å². The van der Waals surface area contributed by atoms with E-state index in [0.717, 1.165) is 0 Å². The molecule has 0 spiro atoms. The summed E-state index contributed by atoms with van der Waals surface area (Å²) in [6, 6.07) is 16.9. The van der Waals surface area contributed by atoms with Gasteiger partial charge in [0.05, 0.1) is 16.5 Å². The largest absolute Gasteiger partial charge is 0.457 e. The van der Waals surface area contributed by atoms with Crippen molar-refractivity contribution in [3.63, 3.8) is 0 Å². The molecule has 1 atom stereocenters. The van der Waals surface area contributed by atoms with Crippen LogP contribution in [0.15, 0.2) is 66.7 Å². The maximum Gasteiger partial charge on any atom is 0.345 e. The van der Waals surface area contributed by atoms with Gasteiger partial charge < -0.3 is 14.4 Å². The second kappa shape index (κ2) is 11.1. The number of hydrogen-bond donors (Lipinski definition) is 0. The molecule has 0 radical (unpaired) electrons. The molecule has 7 nitrogen and oxygen atoms in total. The van der Waals surface area contributed by atoms with Crippen LogP contribution in [0.25, 0.3) is 0 Å². The van der Waals surface area contributed by atoms with Gasteiger partial charge in [-0.1, -0.05) is 34.8 Å². The van der Waals surface area contributed by atoms with Crippen molar-refractivity contribution in [3.05, 3.63) is 92.9 Å². The van der Waals surface area contributed by atoms with Crippen LogP contribution in [0.3, 0.4) is 0 Å². The number of Topliss-reactive ketones (excluding diaryl/α,β-unsaturated/α-hetero) is 1. The number of hydrogen-bond acceptors (Lipinski definition) is 6. The Morgan fingerprint density at radius 1 is 0.889 bits per heavy atom. The molecule has 4 rings (SSSR count). The number of carbonyl (C=O) groups is 4. The average molecular weight is 547 g/mol. The summed E-state index contributed by atoms with van der Waals surface area (Å²) >= 11 is 17.7. The van der Waals surface area contributed by atoms with Gasteiger partial charge in [-0.05, 0) is 66.7 Å². The zero-order valence-electron chi connectivity index (χ0n) is 18.6. The average Bonchev–Trinajstić information content (AvgIpc) is 3.24. The predicted octanol–water partition coefficient (Wildman–Crippen LogP) is 5.65. The maximum atomic E-state index is 12.5. The lowest BCUT2D eigenvalue weighted by Gasteiger charge is -2.16. The number of ether oxygens (including phenoxy) is 2. The number of nitrogens with zero attached hydrogens (tertiary/aromatic N) is 1. The van der Waals surface area contributed by atoms with Crippen LogP contribution in [-0.4, -0.2) is 36.8 Å². The summed E-state index contributed by atoms with van der Waals surface area (Å²) < 4.78 is 10.4. The number of ketones is 1. The molecule has 1 aliphatic heterocycles. The highest BCUT2D eigenvalue weighted by Gasteiger charge is 2.36. The van der Waals surface area contributed by atoms with Gasteiger partial charge in [0.1, 0.15) is 5.75 Å². The highest BCUT2D eigenvalue weighted by atomic mass is 35.5. The molecule has 0 saturated carbocycles. The lowest BCUT2D eigenvalue weighted by molar-refractivity contribution is -0.147. The molecule has 3 aromatic carbocycles. The fourth-order valence-corrected chi connectivity index (χ4v) is 4.21. The number of rotatable bonds is 7. The quantitative estimate of drug-likeness (QED) is 0.216. The Kier molecular flexibility index (Phi) is 7.94. The van der Waals surface area contributed by atoms with Gasteiger partial charge in [-0.3, -0.25) is 14.4 Å². The SMILES string of the molecule is O=C(COC(=O)[C@@H]1CC(=O)N(c2ccc(Cl)cc2)C1)c1ccc(OC(=O)c2ccc(Cl)cc2Cl)cc1. The minimum Gasteiger partial charge on any atom is -0.457 e. The van der Waals surface area contributed by atoms with Gasteiger partial charge in [0.25, 0.3) is 0 Å². The zero-order valence-corrected chi connectivity index (χ0v) is 20.8. The molecule has 0 aliphatic carbocycles. The van der Waals surface area contributed by atoms with Gasteiger partial charge in [0.15, 0.2) is 12.4 Å². The van der Waals surface area contributed by atoms with Crippen LogP contribution in [0.1, 0.15) is 27.1 Å². The fraction of sp³-hybridized carbons (Fsp3) is 0.154. The number of benzene rings is 3. The summed E-state index contributed by atoms with van der Waals surface area (Å²) in [5.74, 6) is -2.44. The lowest BCUT2D eigenvalue weighted by Crippen LogP contribution is -2.27. The molecule has 1 fully saturated rings. The molecule has 0 bridgehead atoms. The molecular formula is C26H18Cl3NO6. The molecule has 1 aliphatic rings. The molecule has 1 heterocycles. The first kappa shape index (κ1) is 25.7. The number of anilines is 1. The van der Waals surface area contributed by atoms with Gasteiger partial charge >= 0.3 is 11.9 Å². The molecular weight excluding hydrogens is 529 g/mol. The molecule has 0 unspecified atom stereocenters. The van der Waals surface area contributed by atoms with Gasteiger partial charge in [-0.15, -0.1) is 0 Å². The third-order valence-corrected chi connectivity index (χ3v) is 6.28. The third kappa shape index (κ3) is 6.05. The monoisotopic (exact) mass is 545 g/mol. The summed E-state index contributed by atoms with van der Waals surface area (Å²) in [5, 5.41) is 1.08. The minimum absolute atomic E-state index is 0.00660. The molecule has 1 amide bonds. The molecule has 184 valence electrons. The smallest absolute Gasteiger partial charge is 0.345 e. The van der Waals surface area contributed by atoms with E-state index in [1.54, 1.807) is 24.3 Å². The Morgan fingerprint density at radius 3 is 2.22 bits per heavy atom. The van der Waals surface area contributed by atoms with E-state index in [1.807, 2.05) is 0 Å². The number of carbonyl (C=O) groups excluding carboxylic acids is 4. The van der Waals surface area contributed by atoms with Crippen LogP contribution >= 0.6 is 34.8 Å². The Balaban J connectivity index is 1.29. The minimum atomic E-state index is -0.678. The van der Waals surface area contributed by atoms with E-state index in [-0.39, 0.29) is 40.8 Å². The summed E-state index contributed by atoms with van der Waals surface area (Å²) in [5.41, 5.74) is 1.04. The first-order chi connectivity index (χ1) is 17.2. The van der Waals surface area contributed by atoms with E-state index < -0.39 is 30.2 Å². The van der Waals surface area contributed by atoms with Crippen molar-refractivity contribution in [2.24, 2.45) is 5.92 Å². The van der Waals surface area contributed by atoms with Crippen LogP contribution in [0, 0.1) is 5.92 Å². The first-order valence-corrected chi connectivity index (χ1v) is 11.9. The van der Waals surface area contributed by atoms with Crippen molar-refractivity contribution >= 4 is 64.1 Å². The summed E-state index contributed by atoms with van der Waals surface area (Å²) in [6.45, 7) is -0.324. The second-order valence-corrected chi connectivity index (χ2v) is 9.23.